The Labute approximate surface area is 121 Å². The molecule has 2 heteroatoms. The fraction of sp³-hybridized carbons (Fsp3) is 0.333. The zero-order valence-electron chi connectivity index (χ0n) is 12.7. The third-order valence-electron chi connectivity index (χ3n) is 3.38. The topological polar surface area (TPSA) is 21.3 Å². The lowest BCUT2D eigenvalue weighted by molar-refractivity contribution is 0.242. The first-order valence-corrected chi connectivity index (χ1v) is 7.14. The van der Waals surface area contributed by atoms with Crippen LogP contribution < -0.4 is 10.1 Å². The lowest BCUT2D eigenvalue weighted by atomic mass is 10.0. The molecule has 0 aliphatic heterocycles. The third-order valence-corrected chi connectivity index (χ3v) is 3.38. The van der Waals surface area contributed by atoms with E-state index in [1.165, 1.54) is 16.7 Å². The van der Waals surface area contributed by atoms with E-state index in [1.807, 2.05) is 33.0 Å². The first-order valence-electron chi connectivity index (χ1n) is 7.14. The highest BCUT2D eigenvalue weighted by Gasteiger charge is 2.04. The Bertz CT molecular complexity index is 546. The fourth-order valence-corrected chi connectivity index (χ4v) is 2.15. The van der Waals surface area contributed by atoms with E-state index in [0.717, 1.165) is 5.75 Å². The number of hydrogen-bond donors (Lipinski definition) is 1. The van der Waals surface area contributed by atoms with Crippen molar-refractivity contribution >= 4 is 0 Å². The predicted octanol–water partition coefficient (Wildman–Crippen LogP) is 4.42. The van der Waals surface area contributed by atoms with E-state index in [4.69, 9.17) is 4.74 Å². The molecule has 1 N–H and O–H groups in total. The highest BCUT2D eigenvalue weighted by atomic mass is 16.5. The molecule has 106 valence electrons. The molecule has 2 aromatic rings. The second kappa shape index (κ2) is 6.58. The molecule has 1 atom stereocenters. The van der Waals surface area contributed by atoms with Crippen molar-refractivity contribution in [3.8, 4) is 16.9 Å². The van der Waals surface area contributed by atoms with Crippen molar-refractivity contribution in [1.82, 2.24) is 5.32 Å². The first kappa shape index (κ1) is 14.6. The SMILES string of the molecule is CNC(C)c1ccc(-c2cccc(OC(C)C)c2)cc1. The van der Waals surface area contributed by atoms with Gasteiger partial charge in [0.2, 0.25) is 0 Å². The minimum atomic E-state index is 0.198. The van der Waals surface area contributed by atoms with Crippen LogP contribution in [0.2, 0.25) is 0 Å². The summed E-state index contributed by atoms with van der Waals surface area (Å²) in [4.78, 5) is 0. The molecule has 0 heterocycles. The van der Waals surface area contributed by atoms with Crippen molar-refractivity contribution in [2.45, 2.75) is 32.9 Å². The van der Waals surface area contributed by atoms with Crippen LogP contribution >= 0.6 is 0 Å². The molecule has 2 aromatic carbocycles. The van der Waals surface area contributed by atoms with Crippen LogP contribution in [0.3, 0.4) is 0 Å². The zero-order valence-corrected chi connectivity index (χ0v) is 12.7. The van der Waals surface area contributed by atoms with E-state index < -0.39 is 0 Å². The van der Waals surface area contributed by atoms with E-state index in [2.05, 4.69) is 48.6 Å². The second-order valence-corrected chi connectivity index (χ2v) is 5.33. The van der Waals surface area contributed by atoms with Gasteiger partial charge in [0.1, 0.15) is 5.75 Å². The lowest BCUT2D eigenvalue weighted by Gasteiger charge is -2.13. The Morgan fingerprint density at radius 1 is 0.900 bits per heavy atom. The molecule has 2 nitrogen and oxygen atoms in total. The number of benzene rings is 2. The van der Waals surface area contributed by atoms with Crippen molar-refractivity contribution in [3.63, 3.8) is 0 Å². The van der Waals surface area contributed by atoms with E-state index >= 15 is 0 Å². The molecule has 0 spiro atoms. The van der Waals surface area contributed by atoms with Gasteiger partial charge in [-0.1, -0.05) is 36.4 Å². The van der Waals surface area contributed by atoms with Crippen molar-refractivity contribution in [3.05, 3.63) is 54.1 Å². The van der Waals surface area contributed by atoms with Gasteiger partial charge < -0.3 is 10.1 Å². The van der Waals surface area contributed by atoms with Gasteiger partial charge in [-0.15, -0.1) is 0 Å². The van der Waals surface area contributed by atoms with Crippen molar-refractivity contribution in [2.24, 2.45) is 0 Å². The summed E-state index contributed by atoms with van der Waals surface area (Å²) in [6, 6.07) is 17.3. The summed E-state index contributed by atoms with van der Waals surface area (Å²) in [6.07, 6.45) is 0.198. The quantitative estimate of drug-likeness (QED) is 0.867. The Morgan fingerprint density at radius 3 is 2.20 bits per heavy atom. The number of rotatable bonds is 5. The minimum absolute atomic E-state index is 0.198. The zero-order chi connectivity index (χ0) is 14.5. The molecule has 0 bridgehead atoms. The van der Waals surface area contributed by atoms with Crippen molar-refractivity contribution in [1.29, 1.82) is 0 Å². The molecule has 0 amide bonds. The van der Waals surface area contributed by atoms with Gasteiger partial charge in [-0.3, -0.25) is 0 Å². The van der Waals surface area contributed by atoms with E-state index in [0.29, 0.717) is 6.04 Å². The van der Waals surface area contributed by atoms with Crippen LogP contribution in [0.25, 0.3) is 11.1 Å². The number of hydrogen-bond acceptors (Lipinski definition) is 2. The predicted molar refractivity (Wildman–Crippen MR) is 85.1 cm³/mol. The minimum Gasteiger partial charge on any atom is -0.491 e. The summed E-state index contributed by atoms with van der Waals surface area (Å²) in [5, 5.41) is 3.25. The standard InChI is InChI=1S/C18H23NO/c1-13(2)20-18-7-5-6-17(12-18)16-10-8-15(9-11-16)14(3)19-4/h5-14,19H,1-4H3. The van der Waals surface area contributed by atoms with Crippen molar-refractivity contribution in [2.75, 3.05) is 7.05 Å². The van der Waals surface area contributed by atoms with Gasteiger partial charge in [0.15, 0.2) is 0 Å². The Hall–Kier alpha value is -1.80. The van der Waals surface area contributed by atoms with Crippen LogP contribution in [-0.4, -0.2) is 13.2 Å². The molecule has 0 aliphatic rings. The number of ether oxygens (including phenoxy) is 1. The molecular formula is C18H23NO. The molecule has 2 rings (SSSR count). The van der Waals surface area contributed by atoms with E-state index in [-0.39, 0.29) is 6.10 Å². The Morgan fingerprint density at radius 2 is 1.60 bits per heavy atom. The normalized spacial score (nSPS) is 12.4. The summed E-state index contributed by atoms with van der Waals surface area (Å²) in [6.45, 7) is 6.24. The van der Waals surface area contributed by atoms with E-state index in [9.17, 15) is 0 Å². The summed E-state index contributed by atoms with van der Waals surface area (Å²) < 4.78 is 5.75. The van der Waals surface area contributed by atoms with Gasteiger partial charge in [-0.25, -0.2) is 0 Å². The van der Waals surface area contributed by atoms with Crippen LogP contribution in [0.4, 0.5) is 0 Å². The van der Waals surface area contributed by atoms with Crippen LogP contribution in [0.1, 0.15) is 32.4 Å². The lowest BCUT2D eigenvalue weighted by Crippen LogP contribution is -2.11. The number of nitrogens with one attached hydrogen (secondary N) is 1. The van der Waals surface area contributed by atoms with Crippen LogP contribution in [-0.2, 0) is 0 Å². The third kappa shape index (κ3) is 3.61. The van der Waals surface area contributed by atoms with Gasteiger partial charge in [-0.2, -0.15) is 0 Å². The van der Waals surface area contributed by atoms with Gasteiger partial charge in [-0.05, 0) is 56.6 Å². The Kier molecular flexibility index (Phi) is 4.80. The largest absolute Gasteiger partial charge is 0.491 e. The molecule has 0 aromatic heterocycles. The molecule has 0 aliphatic carbocycles. The Balaban J connectivity index is 2.23. The van der Waals surface area contributed by atoms with Gasteiger partial charge >= 0.3 is 0 Å². The van der Waals surface area contributed by atoms with E-state index in [1.54, 1.807) is 0 Å². The summed E-state index contributed by atoms with van der Waals surface area (Å²) >= 11 is 0. The van der Waals surface area contributed by atoms with Crippen LogP contribution in [0.15, 0.2) is 48.5 Å². The smallest absolute Gasteiger partial charge is 0.120 e. The average Bonchev–Trinajstić information content (AvgIpc) is 2.46. The summed E-state index contributed by atoms with van der Waals surface area (Å²) in [7, 11) is 1.98. The average molecular weight is 269 g/mol. The maximum atomic E-state index is 5.75. The van der Waals surface area contributed by atoms with Gasteiger partial charge in [0, 0.05) is 6.04 Å². The summed E-state index contributed by atoms with van der Waals surface area (Å²) in [5.74, 6) is 0.921. The van der Waals surface area contributed by atoms with Gasteiger partial charge in [0.05, 0.1) is 6.10 Å². The maximum absolute atomic E-state index is 5.75. The molecule has 0 saturated carbocycles. The molecule has 0 radical (unpaired) electrons. The molecule has 20 heavy (non-hydrogen) atoms. The van der Waals surface area contributed by atoms with Crippen LogP contribution in [0.5, 0.6) is 5.75 Å². The molecule has 0 fully saturated rings. The highest BCUT2D eigenvalue weighted by Crippen LogP contribution is 2.25. The molecule has 1 unspecified atom stereocenters. The summed E-state index contributed by atoms with van der Waals surface area (Å²) in [5.41, 5.74) is 3.70. The molecule has 0 saturated heterocycles. The highest BCUT2D eigenvalue weighted by molar-refractivity contribution is 5.65. The van der Waals surface area contributed by atoms with Crippen molar-refractivity contribution < 1.29 is 4.74 Å². The van der Waals surface area contributed by atoms with Gasteiger partial charge in [0.25, 0.3) is 0 Å². The first-order chi connectivity index (χ1) is 9.60. The van der Waals surface area contributed by atoms with Crippen LogP contribution in [0, 0.1) is 0 Å². The second-order valence-electron chi connectivity index (χ2n) is 5.33. The maximum Gasteiger partial charge on any atom is 0.120 e. The monoisotopic (exact) mass is 269 g/mol. The molecular weight excluding hydrogens is 246 g/mol. The fourth-order valence-electron chi connectivity index (χ4n) is 2.15.